The lowest BCUT2D eigenvalue weighted by molar-refractivity contribution is 0.101. The number of rotatable bonds is 6. The minimum absolute atomic E-state index is 0.206. The van der Waals surface area contributed by atoms with Gasteiger partial charge < -0.3 is 15.4 Å². The van der Waals surface area contributed by atoms with Crippen molar-refractivity contribution < 1.29 is 14.3 Å². The van der Waals surface area contributed by atoms with Gasteiger partial charge in [-0.3, -0.25) is 14.3 Å². The fourth-order valence-electron chi connectivity index (χ4n) is 2.57. The number of hydrogen-bond donors (Lipinski definition) is 2. The Morgan fingerprint density at radius 1 is 1.00 bits per heavy atom. The van der Waals surface area contributed by atoms with Crippen molar-refractivity contribution in [3.8, 4) is 0 Å². The molecule has 0 fully saturated rings. The van der Waals surface area contributed by atoms with E-state index in [0.717, 1.165) is 5.56 Å². The number of benzene rings is 2. The van der Waals surface area contributed by atoms with Crippen LogP contribution in [-0.2, 0) is 18.4 Å². The molecule has 0 spiro atoms. The Morgan fingerprint density at radius 3 is 2.52 bits per heavy atom. The molecule has 0 aliphatic carbocycles. The highest BCUT2D eigenvalue weighted by atomic mass is 16.5. The van der Waals surface area contributed by atoms with Crippen LogP contribution in [0.4, 0.5) is 11.5 Å². The van der Waals surface area contributed by atoms with Crippen LogP contribution in [0, 0.1) is 0 Å². The summed E-state index contributed by atoms with van der Waals surface area (Å²) in [6.45, 7) is 0.461. The summed E-state index contributed by atoms with van der Waals surface area (Å²) in [4.78, 5) is 24.7. The van der Waals surface area contributed by atoms with Gasteiger partial charge in [-0.2, -0.15) is 5.10 Å². The Balaban J connectivity index is 1.71. The molecule has 3 aromatic rings. The number of carbonyl (C=O) groups excluding carboxylic acids is 2. The molecule has 7 heteroatoms. The van der Waals surface area contributed by atoms with Gasteiger partial charge in [-0.1, -0.05) is 30.3 Å². The van der Waals surface area contributed by atoms with Crippen molar-refractivity contribution in [3.05, 3.63) is 77.5 Å². The predicted molar refractivity (Wildman–Crippen MR) is 103 cm³/mol. The van der Waals surface area contributed by atoms with Crippen LogP contribution in [0.3, 0.4) is 0 Å². The Bertz CT molecular complexity index is 951. The van der Waals surface area contributed by atoms with Crippen molar-refractivity contribution in [1.29, 1.82) is 0 Å². The van der Waals surface area contributed by atoms with Crippen LogP contribution < -0.4 is 10.6 Å². The zero-order valence-electron chi connectivity index (χ0n) is 15.1. The molecule has 1 aromatic heterocycles. The second-order valence-corrected chi connectivity index (χ2v) is 5.95. The number of aryl methyl sites for hydroxylation is 1. The van der Waals surface area contributed by atoms with Crippen LogP contribution in [-0.4, -0.2) is 28.7 Å². The average Bonchev–Trinajstić information content (AvgIpc) is 3.04. The average molecular weight is 364 g/mol. The summed E-state index contributed by atoms with van der Waals surface area (Å²) in [7, 11) is 3.28. The summed E-state index contributed by atoms with van der Waals surface area (Å²) in [6.07, 6.45) is 0. The highest BCUT2D eigenvalue weighted by Gasteiger charge is 2.15. The first-order valence-electron chi connectivity index (χ1n) is 8.36. The quantitative estimate of drug-likeness (QED) is 0.704. The van der Waals surface area contributed by atoms with Gasteiger partial charge in [0.25, 0.3) is 11.8 Å². The monoisotopic (exact) mass is 364 g/mol. The molecular formula is C20H20N4O3. The van der Waals surface area contributed by atoms with E-state index in [4.69, 9.17) is 4.74 Å². The van der Waals surface area contributed by atoms with Gasteiger partial charge in [0, 0.05) is 31.5 Å². The molecule has 3 rings (SSSR count). The maximum Gasteiger partial charge on any atom is 0.276 e. The van der Waals surface area contributed by atoms with Crippen molar-refractivity contribution in [2.45, 2.75) is 6.61 Å². The van der Waals surface area contributed by atoms with Gasteiger partial charge in [0.05, 0.1) is 6.61 Å². The molecule has 2 amide bonds. The van der Waals surface area contributed by atoms with E-state index in [-0.39, 0.29) is 17.5 Å². The highest BCUT2D eigenvalue weighted by Crippen LogP contribution is 2.15. The van der Waals surface area contributed by atoms with E-state index in [0.29, 0.717) is 23.7 Å². The number of nitrogens with one attached hydrogen (secondary N) is 2. The van der Waals surface area contributed by atoms with E-state index < -0.39 is 0 Å². The van der Waals surface area contributed by atoms with E-state index in [2.05, 4.69) is 15.7 Å². The first-order valence-corrected chi connectivity index (χ1v) is 8.36. The Kier molecular flexibility index (Phi) is 5.63. The van der Waals surface area contributed by atoms with Gasteiger partial charge in [-0.05, 0) is 29.8 Å². The lowest BCUT2D eigenvalue weighted by Crippen LogP contribution is -2.14. The number of carbonyl (C=O) groups is 2. The summed E-state index contributed by atoms with van der Waals surface area (Å²) in [5.74, 6) is -0.194. The van der Waals surface area contributed by atoms with Crippen LogP contribution in [0.15, 0.2) is 60.7 Å². The number of methoxy groups -OCH3 is 1. The van der Waals surface area contributed by atoms with Gasteiger partial charge in [0.15, 0.2) is 5.69 Å². The third kappa shape index (κ3) is 4.59. The standard InChI is InChI=1S/C20H20N4O3/c1-24-18(22-19(25)15-8-4-3-5-9-15)12-17(23-24)20(26)21-16-10-6-7-14(11-16)13-27-2/h3-12H,13H2,1-2H3,(H,21,26)(H,22,25). The topological polar surface area (TPSA) is 85.3 Å². The molecule has 2 N–H and O–H groups in total. The Morgan fingerprint density at radius 2 is 1.78 bits per heavy atom. The van der Waals surface area contributed by atoms with Crippen LogP contribution in [0.25, 0.3) is 0 Å². The normalized spacial score (nSPS) is 10.4. The number of anilines is 2. The molecule has 0 radical (unpaired) electrons. The van der Waals surface area contributed by atoms with E-state index in [1.807, 2.05) is 24.3 Å². The van der Waals surface area contributed by atoms with Gasteiger partial charge in [-0.25, -0.2) is 0 Å². The molecule has 0 saturated carbocycles. The van der Waals surface area contributed by atoms with Gasteiger partial charge in [-0.15, -0.1) is 0 Å². The predicted octanol–water partition coefficient (Wildman–Crippen LogP) is 3.07. The first-order chi connectivity index (χ1) is 13.1. The summed E-state index contributed by atoms with van der Waals surface area (Å²) >= 11 is 0. The van der Waals surface area contributed by atoms with E-state index in [1.54, 1.807) is 44.5 Å². The second-order valence-electron chi connectivity index (χ2n) is 5.95. The van der Waals surface area contributed by atoms with E-state index >= 15 is 0 Å². The minimum atomic E-state index is -0.361. The number of ether oxygens (including phenoxy) is 1. The fraction of sp³-hybridized carbons (Fsp3) is 0.150. The molecule has 0 atom stereocenters. The van der Waals surface area contributed by atoms with E-state index in [1.165, 1.54) is 10.7 Å². The van der Waals surface area contributed by atoms with Crippen LogP contribution in [0.2, 0.25) is 0 Å². The molecular weight excluding hydrogens is 344 g/mol. The zero-order valence-corrected chi connectivity index (χ0v) is 15.1. The van der Waals surface area contributed by atoms with Gasteiger partial charge in [0.2, 0.25) is 0 Å². The zero-order chi connectivity index (χ0) is 19.2. The number of nitrogens with zero attached hydrogens (tertiary/aromatic N) is 2. The van der Waals surface area contributed by atoms with Crippen molar-refractivity contribution >= 4 is 23.3 Å². The van der Waals surface area contributed by atoms with E-state index in [9.17, 15) is 9.59 Å². The summed E-state index contributed by atoms with van der Waals surface area (Å²) in [5, 5.41) is 9.73. The fourth-order valence-corrected chi connectivity index (χ4v) is 2.57. The molecule has 0 bridgehead atoms. The van der Waals surface area contributed by atoms with Crippen molar-refractivity contribution in [2.24, 2.45) is 7.05 Å². The highest BCUT2D eigenvalue weighted by molar-refractivity contribution is 6.06. The van der Waals surface area contributed by atoms with Crippen LogP contribution in [0.1, 0.15) is 26.4 Å². The third-order valence-corrected chi connectivity index (χ3v) is 3.89. The summed E-state index contributed by atoms with van der Waals surface area (Å²) < 4.78 is 6.55. The van der Waals surface area contributed by atoms with Crippen molar-refractivity contribution in [2.75, 3.05) is 17.7 Å². The van der Waals surface area contributed by atoms with Crippen molar-refractivity contribution in [3.63, 3.8) is 0 Å². The molecule has 0 aliphatic heterocycles. The Hall–Kier alpha value is -3.45. The molecule has 0 aliphatic rings. The molecule has 7 nitrogen and oxygen atoms in total. The maximum absolute atomic E-state index is 12.5. The molecule has 138 valence electrons. The first kappa shape index (κ1) is 18.3. The molecule has 2 aromatic carbocycles. The lowest BCUT2D eigenvalue weighted by atomic mass is 10.2. The Labute approximate surface area is 157 Å². The minimum Gasteiger partial charge on any atom is -0.380 e. The lowest BCUT2D eigenvalue weighted by Gasteiger charge is -2.05. The van der Waals surface area contributed by atoms with Crippen LogP contribution >= 0.6 is 0 Å². The van der Waals surface area contributed by atoms with Gasteiger partial charge in [0.1, 0.15) is 5.82 Å². The molecule has 27 heavy (non-hydrogen) atoms. The number of aromatic nitrogens is 2. The van der Waals surface area contributed by atoms with Crippen LogP contribution in [0.5, 0.6) is 0 Å². The summed E-state index contributed by atoms with van der Waals surface area (Å²) in [6, 6.07) is 17.8. The second kappa shape index (κ2) is 8.29. The molecule has 0 unspecified atom stereocenters. The largest absolute Gasteiger partial charge is 0.380 e. The third-order valence-electron chi connectivity index (χ3n) is 3.89. The maximum atomic E-state index is 12.5. The molecule has 1 heterocycles. The van der Waals surface area contributed by atoms with Gasteiger partial charge >= 0.3 is 0 Å². The summed E-state index contributed by atoms with van der Waals surface area (Å²) in [5.41, 5.74) is 2.33. The number of hydrogen-bond acceptors (Lipinski definition) is 4. The van der Waals surface area contributed by atoms with Crippen molar-refractivity contribution in [1.82, 2.24) is 9.78 Å². The SMILES string of the molecule is COCc1cccc(NC(=O)c2cc(NC(=O)c3ccccc3)n(C)n2)c1. The number of amides is 2. The molecule has 0 saturated heterocycles. The smallest absolute Gasteiger partial charge is 0.276 e.